The number of nitrogens with zero attached hydrogens (tertiary/aromatic N) is 3. The van der Waals surface area contributed by atoms with E-state index < -0.39 is 20.0 Å². The smallest absolute Gasteiger partial charge is 0.229 e. The molecular formula is C20H20N6O4S2. The third-order valence-corrected chi connectivity index (χ3v) is 5.20. The lowest BCUT2D eigenvalue weighted by molar-refractivity contribution is 0.605. The van der Waals surface area contributed by atoms with E-state index in [9.17, 15) is 16.8 Å². The summed E-state index contributed by atoms with van der Waals surface area (Å²) in [5.74, 6) is 0.227. The maximum absolute atomic E-state index is 11.6. The molecule has 10 nitrogen and oxygen atoms in total. The Morgan fingerprint density at radius 2 is 1.44 bits per heavy atom. The Hall–Kier alpha value is -3.69. The van der Waals surface area contributed by atoms with Gasteiger partial charge in [-0.15, -0.1) is 0 Å². The number of sulfonamides is 2. The summed E-state index contributed by atoms with van der Waals surface area (Å²) in [4.78, 5) is 8.63. The third-order valence-electron chi connectivity index (χ3n) is 3.98. The highest BCUT2D eigenvalue weighted by Gasteiger charge is 2.10. The van der Waals surface area contributed by atoms with Gasteiger partial charge in [-0.3, -0.25) is 9.44 Å². The van der Waals surface area contributed by atoms with Crippen molar-refractivity contribution in [3.05, 3.63) is 60.3 Å². The lowest BCUT2D eigenvalue weighted by Crippen LogP contribution is -2.12. The van der Waals surface area contributed by atoms with Gasteiger partial charge < -0.3 is 5.32 Å². The molecule has 1 heterocycles. The fraction of sp³-hybridized carbons (Fsp3) is 0.150. The van der Waals surface area contributed by atoms with Gasteiger partial charge in [-0.25, -0.2) is 26.8 Å². The fourth-order valence-electron chi connectivity index (χ4n) is 2.84. The molecule has 0 aliphatic heterocycles. The fourth-order valence-corrected chi connectivity index (χ4v) is 3.93. The van der Waals surface area contributed by atoms with Gasteiger partial charge in [-0.2, -0.15) is 5.26 Å². The third kappa shape index (κ3) is 6.93. The molecule has 0 amide bonds. The number of rotatable bonds is 8. The van der Waals surface area contributed by atoms with Crippen LogP contribution in [0.25, 0.3) is 11.3 Å². The molecule has 1 aromatic heterocycles. The predicted octanol–water partition coefficient (Wildman–Crippen LogP) is 2.70. The lowest BCUT2D eigenvalue weighted by Gasteiger charge is -2.13. The van der Waals surface area contributed by atoms with Crippen LogP contribution in [0.3, 0.4) is 0 Å². The van der Waals surface area contributed by atoms with Crippen molar-refractivity contribution in [2.24, 2.45) is 0 Å². The van der Waals surface area contributed by atoms with Crippen LogP contribution in [0.1, 0.15) is 5.56 Å². The van der Waals surface area contributed by atoms with Crippen LogP contribution >= 0.6 is 0 Å². The first-order valence-electron chi connectivity index (χ1n) is 9.18. The minimum Gasteiger partial charge on any atom is -0.324 e. The van der Waals surface area contributed by atoms with E-state index in [0.717, 1.165) is 23.6 Å². The molecule has 0 spiro atoms. The summed E-state index contributed by atoms with van der Waals surface area (Å²) in [7, 11) is -7.17. The molecule has 166 valence electrons. The molecule has 0 saturated heterocycles. The molecule has 0 aliphatic rings. The lowest BCUT2D eigenvalue weighted by atomic mass is 10.1. The van der Waals surface area contributed by atoms with E-state index in [0.29, 0.717) is 17.8 Å². The number of anilines is 4. The first-order valence-corrected chi connectivity index (χ1v) is 13.0. The van der Waals surface area contributed by atoms with E-state index in [1.807, 2.05) is 24.3 Å². The predicted molar refractivity (Wildman–Crippen MR) is 123 cm³/mol. The Morgan fingerprint density at radius 1 is 0.875 bits per heavy atom. The number of aromatic nitrogens is 2. The Kier molecular flexibility index (Phi) is 6.61. The maximum Gasteiger partial charge on any atom is 0.229 e. The molecule has 0 unspecified atom stereocenters. The van der Waals surface area contributed by atoms with Crippen molar-refractivity contribution < 1.29 is 16.8 Å². The van der Waals surface area contributed by atoms with Crippen LogP contribution in [0.15, 0.2) is 54.7 Å². The average molecular weight is 473 g/mol. The van der Waals surface area contributed by atoms with Gasteiger partial charge in [0.25, 0.3) is 0 Å². The highest BCUT2D eigenvalue weighted by atomic mass is 32.2. The van der Waals surface area contributed by atoms with E-state index >= 15 is 0 Å². The summed E-state index contributed by atoms with van der Waals surface area (Å²) in [6.45, 7) is 0. The van der Waals surface area contributed by atoms with Crippen LogP contribution < -0.4 is 14.8 Å². The summed E-state index contributed by atoms with van der Waals surface area (Å²) in [5, 5.41) is 11.8. The second-order valence-electron chi connectivity index (χ2n) is 6.97. The van der Waals surface area contributed by atoms with Gasteiger partial charge in [-0.05, 0) is 29.8 Å². The van der Waals surface area contributed by atoms with E-state index in [1.165, 1.54) is 18.2 Å². The summed E-state index contributed by atoms with van der Waals surface area (Å²) < 4.78 is 51.1. The molecule has 0 bridgehead atoms. The highest BCUT2D eigenvalue weighted by Crippen LogP contribution is 2.26. The molecule has 0 radical (unpaired) electrons. The number of hydrogen-bond donors (Lipinski definition) is 3. The molecule has 0 saturated carbocycles. The zero-order valence-electron chi connectivity index (χ0n) is 17.2. The van der Waals surface area contributed by atoms with Crippen molar-refractivity contribution in [1.29, 1.82) is 5.26 Å². The zero-order valence-corrected chi connectivity index (χ0v) is 18.8. The van der Waals surface area contributed by atoms with Gasteiger partial charge in [0.15, 0.2) is 0 Å². The van der Waals surface area contributed by atoms with Gasteiger partial charge in [0.1, 0.15) is 0 Å². The first-order chi connectivity index (χ1) is 15.0. The minimum atomic E-state index is -3.58. The molecule has 3 aromatic rings. The topological polar surface area (TPSA) is 154 Å². The summed E-state index contributed by atoms with van der Waals surface area (Å²) >= 11 is 0. The van der Waals surface area contributed by atoms with Crippen LogP contribution in [0.2, 0.25) is 0 Å². The Morgan fingerprint density at radius 3 is 1.97 bits per heavy atom. The van der Waals surface area contributed by atoms with Crippen LogP contribution in [0, 0.1) is 11.3 Å². The summed E-state index contributed by atoms with van der Waals surface area (Å²) in [6, 6.07) is 15.5. The first kappa shape index (κ1) is 23.0. The molecule has 0 atom stereocenters. The van der Waals surface area contributed by atoms with E-state index in [-0.39, 0.29) is 17.3 Å². The molecular weight excluding hydrogens is 452 g/mol. The standard InChI is InChI=1S/C20H20N6O4S2/c1-31(27,28)25-17-11-16(12-18(13-17)26-32(2,29)30)23-20-22-10-8-19(24-20)15-5-3-14(4-6-15)7-9-21/h3-6,8,10-13,25-26H,7H2,1-2H3,(H,22,23,24). The largest absolute Gasteiger partial charge is 0.324 e. The van der Waals surface area contributed by atoms with Crippen molar-refractivity contribution in [3.8, 4) is 17.3 Å². The van der Waals surface area contributed by atoms with E-state index in [4.69, 9.17) is 5.26 Å². The quantitative estimate of drug-likeness (QED) is 0.452. The number of nitrogens with one attached hydrogen (secondary N) is 3. The van der Waals surface area contributed by atoms with Gasteiger partial charge in [0.05, 0.1) is 42.1 Å². The molecule has 12 heteroatoms. The highest BCUT2D eigenvalue weighted by molar-refractivity contribution is 7.92. The van der Waals surface area contributed by atoms with E-state index in [1.54, 1.807) is 12.3 Å². The number of hydrogen-bond acceptors (Lipinski definition) is 8. The van der Waals surface area contributed by atoms with Crippen LogP contribution in [0.5, 0.6) is 0 Å². The van der Waals surface area contributed by atoms with Crippen LogP contribution in [0.4, 0.5) is 23.0 Å². The Labute approximate surface area is 186 Å². The maximum atomic E-state index is 11.6. The van der Waals surface area contributed by atoms with E-state index in [2.05, 4.69) is 30.8 Å². The molecule has 2 aromatic carbocycles. The summed E-state index contributed by atoms with van der Waals surface area (Å²) in [6.07, 6.45) is 3.86. The Bertz CT molecular complexity index is 1330. The van der Waals surface area contributed by atoms with Crippen molar-refractivity contribution in [2.75, 3.05) is 27.3 Å². The van der Waals surface area contributed by atoms with Gasteiger partial charge in [0, 0.05) is 17.4 Å². The van der Waals surface area contributed by atoms with Crippen molar-refractivity contribution in [3.63, 3.8) is 0 Å². The van der Waals surface area contributed by atoms with Gasteiger partial charge in [0.2, 0.25) is 26.0 Å². The average Bonchev–Trinajstić information content (AvgIpc) is 2.66. The monoisotopic (exact) mass is 472 g/mol. The summed E-state index contributed by atoms with van der Waals surface area (Å²) in [5.41, 5.74) is 3.03. The molecule has 32 heavy (non-hydrogen) atoms. The van der Waals surface area contributed by atoms with Crippen LogP contribution in [-0.4, -0.2) is 39.3 Å². The molecule has 3 N–H and O–H groups in total. The number of benzene rings is 2. The van der Waals surface area contributed by atoms with Crippen molar-refractivity contribution in [1.82, 2.24) is 9.97 Å². The second-order valence-corrected chi connectivity index (χ2v) is 10.5. The zero-order chi connectivity index (χ0) is 23.4. The van der Waals surface area contributed by atoms with Crippen molar-refractivity contribution in [2.45, 2.75) is 6.42 Å². The van der Waals surface area contributed by atoms with Crippen molar-refractivity contribution >= 4 is 43.1 Å². The molecule has 3 rings (SSSR count). The SMILES string of the molecule is CS(=O)(=O)Nc1cc(Nc2nccc(-c3ccc(CC#N)cc3)n2)cc(NS(C)(=O)=O)c1. The van der Waals surface area contributed by atoms with Gasteiger partial charge >= 0.3 is 0 Å². The number of nitriles is 1. The normalized spacial score (nSPS) is 11.4. The molecule has 0 fully saturated rings. The molecule has 0 aliphatic carbocycles. The second kappa shape index (κ2) is 9.21. The van der Waals surface area contributed by atoms with Crippen LogP contribution in [-0.2, 0) is 26.5 Å². The Balaban J connectivity index is 1.92. The minimum absolute atomic E-state index is 0.160. The van der Waals surface area contributed by atoms with Gasteiger partial charge in [-0.1, -0.05) is 24.3 Å².